The van der Waals surface area contributed by atoms with Crippen molar-refractivity contribution in [2.45, 2.75) is 26.7 Å². The van der Waals surface area contributed by atoms with Crippen LogP contribution in [-0.2, 0) is 4.79 Å². The maximum absolute atomic E-state index is 11.3. The van der Waals surface area contributed by atoms with E-state index in [1.807, 2.05) is 6.92 Å². The van der Waals surface area contributed by atoms with Gasteiger partial charge in [-0.15, -0.1) is 0 Å². The second-order valence-electron chi connectivity index (χ2n) is 4.09. The van der Waals surface area contributed by atoms with Crippen LogP contribution in [0.3, 0.4) is 0 Å². The Kier molecular flexibility index (Phi) is 6.30. The zero-order valence-electron chi connectivity index (χ0n) is 10.1. The lowest BCUT2D eigenvalue weighted by atomic mass is 10.2. The van der Waals surface area contributed by atoms with E-state index >= 15 is 0 Å². The molecule has 0 aromatic rings. The average Bonchev–Trinajstić information content (AvgIpc) is 2.29. The highest BCUT2D eigenvalue weighted by Crippen LogP contribution is 2.15. The van der Waals surface area contributed by atoms with Crippen molar-refractivity contribution in [1.29, 1.82) is 0 Å². The summed E-state index contributed by atoms with van der Waals surface area (Å²) in [7, 11) is 0. The fraction of sp³-hybridized carbons (Fsp3) is 0.818. The smallest absolute Gasteiger partial charge is 0.221 e. The van der Waals surface area contributed by atoms with Crippen LogP contribution >= 0.6 is 11.8 Å². The maximum atomic E-state index is 11.3. The molecule has 0 aromatic carbocycles. The number of hydrogen-bond donors (Lipinski definition) is 2. The van der Waals surface area contributed by atoms with Gasteiger partial charge in [0.2, 0.25) is 5.91 Å². The highest BCUT2D eigenvalue weighted by atomic mass is 32.2. The number of amides is 1. The number of hydrogen-bond acceptors (Lipinski definition) is 4. The number of carbonyl (C=O) groups is 1. The first-order valence-electron chi connectivity index (χ1n) is 5.90. The summed E-state index contributed by atoms with van der Waals surface area (Å²) in [6.07, 6.45) is 1.51. The normalized spacial score (nSPS) is 20.1. The van der Waals surface area contributed by atoms with Crippen molar-refractivity contribution in [2.24, 2.45) is 10.9 Å². The summed E-state index contributed by atoms with van der Waals surface area (Å²) in [5.41, 5.74) is 0. The van der Waals surface area contributed by atoms with Crippen molar-refractivity contribution in [3.05, 3.63) is 0 Å². The fourth-order valence-electron chi connectivity index (χ4n) is 1.30. The van der Waals surface area contributed by atoms with Crippen LogP contribution in [0.4, 0.5) is 0 Å². The minimum absolute atomic E-state index is 0.115. The number of amidine groups is 1. The Hall–Kier alpha value is -0.710. The molecule has 16 heavy (non-hydrogen) atoms. The van der Waals surface area contributed by atoms with Gasteiger partial charge >= 0.3 is 0 Å². The van der Waals surface area contributed by atoms with E-state index in [2.05, 4.69) is 22.5 Å². The lowest BCUT2D eigenvalue weighted by molar-refractivity contribution is -0.120. The van der Waals surface area contributed by atoms with Gasteiger partial charge in [0.15, 0.2) is 5.17 Å². The van der Waals surface area contributed by atoms with Crippen LogP contribution in [-0.4, -0.2) is 36.5 Å². The summed E-state index contributed by atoms with van der Waals surface area (Å²) in [5, 5.41) is 7.04. The molecule has 0 saturated carbocycles. The monoisotopic (exact) mass is 243 g/mol. The van der Waals surface area contributed by atoms with E-state index < -0.39 is 0 Å². The SMILES string of the molecule is CCCNC(=O)CCNC1=NCC(C)CS1. The third-order valence-corrected chi connectivity index (χ3v) is 3.53. The molecule has 0 radical (unpaired) electrons. The summed E-state index contributed by atoms with van der Waals surface area (Å²) < 4.78 is 0. The lowest BCUT2D eigenvalue weighted by Crippen LogP contribution is -2.31. The third-order valence-electron chi connectivity index (χ3n) is 2.25. The summed E-state index contributed by atoms with van der Waals surface area (Å²) in [6, 6.07) is 0. The van der Waals surface area contributed by atoms with E-state index in [1.54, 1.807) is 11.8 Å². The van der Waals surface area contributed by atoms with Gasteiger partial charge in [0, 0.05) is 31.8 Å². The molecular weight excluding hydrogens is 222 g/mol. The summed E-state index contributed by atoms with van der Waals surface area (Å²) in [6.45, 7) is 6.59. The Morgan fingerprint density at radius 2 is 2.38 bits per heavy atom. The van der Waals surface area contributed by atoms with Crippen molar-refractivity contribution in [1.82, 2.24) is 10.6 Å². The highest BCUT2D eigenvalue weighted by molar-refractivity contribution is 8.13. The van der Waals surface area contributed by atoms with E-state index in [1.165, 1.54) is 0 Å². The molecule has 0 spiro atoms. The zero-order chi connectivity index (χ0) is 11.8. The Morgan fingerprint density at radius 1 is 1.56 bits per heavy atom. The molecule has 4 nitrogen and oxygen atoms in total. The van der Waals surface area contributed by atoms with Gasteiger partial charge in [-0.05, 0) is 12.3 Å². The lowest BCUT2D eigenvalue weighted by Gasteiger charge is -2.17. The van der Waals surface area contributed by atoms with Gasteiger partial charge in [0.1, 0.15) is 0 Å². The minimum Gasteiger partial charge on any atom is -0.364 e. The Balaban J connectivity index is 2.09. The van der Waals surface area contributed by atoms with Gasteiger partial charge in [-0.3, -0.25) is 9.79 Å². The van der Waals surface area contributed by atoms with Gasteiger partial charge in [-0.1, -0.05) is 25.6 Å². The van der Waals surface area contributed by atoms with Crippen LogP contribution < -0.4 is 10.6 Å². The largest absolute Gasteiger partial charge is 0.364 e. The summed E-state index contributed by atoms with van der Waals surface area (Å²) >= 11 is 1.75. The van der Waals surface area contributed by atoms with Crippen molar-refractivity contribution < 1.29 is 4.79 Å². The van der Waals surface area contributed by atoms with E-state index in [4.69, 9.17) is 0 Å². The van der Waals surface area contributed by atoms with Gasteiger partial charge in [0.05, 0.1) is 0 Å². The number of rotatable bonds is 5. The number of nitrogens with one attached hydrogen (secondary N) is 2. The van der Waals surface area contributed by atoms with Crippen LogP contribution in [0.1, 0.15) is 26.7 Å². The quantitative estimate of drug-likeness (QED) is 0.763. The molecule has 0 bridgehead atoms. The molecule has 2 N–H and O–H groups in total. The van der Waals surface area contributed by atoms with E-state index in [-0.39, 0.29) is 5.91 Å². The predicted molar refractivity (Wildman–Crippen MR) is 69.8 cm³/mol. The van der Waals surface area contributed by atoms with E-state index in [0.717, 1.165) is 30.4 Å². The molecule has 0 aliphatic carbocycles. The number of nitrogens with zero attached hydrogens (tertiary/aromatic N) is 1. The average molecular weight is 243 g/mol. The number of carbonyl (C=O) groups excluding carboxylic acids is 1. The molecule has 1 atom stereocenters. The molecule has 0 saturated heterocycles. The predicted octanol–water partition coefficient (Wildman–Crippen LogP) is 1.23. The zero-order valence-corrected chi connectivity index (χ0v) is 10.9. The molecule has 1 rings (SSSR count). The molecule has 92 valence electrons. The van der Waals surface area contributed by atoms with Gasteiger partial charge in [-0.2, -0.15) is 0 Å². The summed E-state index contributed by atoms with van der Waals surface area (Å²) in [5.74, 6) is 1.90. The first-order valence-corrected chi connectivity index (χ1v) is 6.88. The van der Waals surface area contributed by atoms with Crippen LogP contribution in [0.15, 0.2) is 4.99 Å². The molecule has 5 heteroatoms. The van der Waals surface area contributed by atoms with E-state index in [0.29, 0.717) is 18.9 Å². The van der Waals surface area contributed by atoms with Crippen molar-refractivity contribution >= 4 is 22.8 Å². The Morgan fingerprint density at radius 3 is 3.00 bits per heavy atom. The first kappa shape index (κ1) is 13.4. The van der Waals surface area contributed by atoms with Gasteiger partial charge in [-0.25, -0.2) is 0 Å². The third kappa shape index (κ3) is 5.39. The fourth-order valence-corrected chi connectivity index (χ4v) is 2.22. The molecule has 0 fully saturated rings. The molecule has 1 unspecified atom stereocenters. The topological polar surface area (TPSA) is 53.5 Å². The first-order chi connectivity index (χ1) is 7.72. The van der Waals surface area contributed by atoms with Gasteiger partial charge in [0.25, 0.3) is 0 Å². The van der Waals surface area contributed by atoms with Crippen LogP contribution in [0.25, 0.3) is 0 Å². The number of aliphatic imine (C=N–C) groups is 1. The van der Waals surface area contributed by atoms with Gasteiger partial charge < -0.3 is 10.6 Å². The second kappa shape index (κ2) is 7.54. The van der Waals surface area contributed by atoms with Crippen LogP contribution in [0.2, 0.25) is 0 Å². The molecule has 1 aliphatic rings. The second-order valence-corrected chi connectivity index (χ2v) is 5.10. The van der Waals surface area contributed by atoms with Crippen LogP contribution in [0.5, 0.6) is 0 Å². The highest BCUT2D eigenvalue weighted by Gasteiger charge is 2.11. The maximum Gasteiger partial charge on any atom is 0.221 e. The minimum atomic E-state index is 0.115. The summed E-state index contributed by atoms with van der Waals surface area (Å²) in [4.78, 5) is 15.7. The molecular formula is C11H21N3OS. The van der Waals surface area contributed by atoms with Crippen molar-refractivity contribution in [3.8, 4) is 0 Å². The van der Waals surface area contributed by atoms with Crippen molar-refractivity contribution in [3.63, 3.8) is 0 Å². The number of thioether (sulfide) groups is 1. The Bertz CT molecular complexity index is 256. The molecule has 1 aliphatic heterocycles. The Labute approximate surface area is 102 Å². The van der Waals surface area contributed by atoms with E-state index in [9.17, 15) is 4.79 Å². The van der Waals surface area contributed by atoms with Crippen molar-refractivity contribution in [2.75, 3.05) is 25.4 Å². The molecule has 1 amide bonds. The molecule has 0 aromatic heterocycles. The van der Waals surface area contributed by atoms with Crippen LogP contribution in [0, 0.1) is 5.92 Å². The standard InChI is InChI=1S/C11H21N3OS/c1-3-5-12-10(15)4-6-13-11-14-7-9(2)8-16-11/h9H,3-8H2,1-2H3,(H,12,15)(H,13,14). The molecule has 1 heterocycles.